The second-order valence-corrected chi connectivity index (χ2v) is 2.73. The van der Waals surface area contributed by atoms with E-state index in [0.717, 1.165) is 0 Å². The van der Waals surface area contributed by atoms with Crippen molar-refractivity contribution in [2.45, 2.75) is 0 Å². The van der Waals surface area contributed by atoms with Crippen LogP contribution in [0, 0.1) is 0 Å². The highest BCUT2D eigenvalue weighted by Gasteiger charge is 2.03. The van der Waals surface area contributed by atoms with Gasteiger partial charge >= 0.3 is 0 Å². The van der Waals surface area contributed by atoms with Crippen LogP contribution in [-0.4, -0.2) is 4.98 Å². The van der Waals surface area contributed by atoms with Crippen molar-refractivity contribution in [1.82, 2.24) is 4.98 Å². The predicted octanol–water partition coefficient (Wildman–Crippen LogP) is 3.42. The highest BCUT2D eigenvalue weighted by Crippen LogP contribution is 2.23. The van der Waals surface area contributed by atoms with E-state index >= 15 is 0 Å². The van der Waals surface area contributed by atoms with Crippen molar-refractivity contribution in [3.05, 3.63) is 33.7 Å². The summed E-state index contributed by atoms with van der Waals surface area (Å²) in [6.45, 7) is 0. The summed E-state index contributed by atoms with van der Waals surface area (Å²) < 4.78 is 5.07. The SMILES string of the molecule is [N-]=[N+]=Nc1nc2cc(Cl)ccc2o1. The molecule has 0 unspecified atom stereocenters. The summed E-state index contributed by atoms with van der Waals surface area (Å²) >= 11 is 5.72. The predicted molar refractivity (Wildman–Crippen MR) is 47.8 cm³/mol. The molecule has 2 rings (SSSR count). The first-order chi connectivity index (χ1) is 6.29. The van der Waals surface area contributed by atoms with E-state index in [4.69, 9.17) is 21.5 Å². The van der Waals surface area contributed by atoms with Gasteiger partial charge in [-0.25, -0.2) is 4.98 Å². The van der Waals surface area contributed by atoms with E-state index in [9.17, 15) is 0 Å². The van der Waals surface area contributed by atoms with E-state index in [1.807, 2.05) is 0 Å². The Balaban J connectivity index is 2.68. The zero-order chi connectivity index (χ0) is 9.26. The minimum atomic E-state index is -0.000216. The molecule has 0 aliphatic heterocycles. The number of halogens is 1. The standard InChI is InChI=1S/C7H3ClN4O/c8-4-1-2-6-5(3-4)10-7(13-6)11-12-9/h1-3H. The van der Waals surface area contributed by atoms with Gasteiger partial charge < -0.3 is 4.42 Å². The number of hydrogen-bond acceptors (Lipinski definition) is 3. The van der Waals surface area contributed by atoms with Gasteiger partial charge in [-0.05, 0) is 28.8 Å². The minimum Gasteiger partial charge on any atom is -0.435 e. The fraction of sp³-hybridized carbons (Fsp3) is 0. The van der Waals surface area contributed by atoms with Crippen LogP contribution in [0.3, 0.4) is 0 Å². The van der Waals surface area contributed by atoms with Crippen LogP contribution in [0.25, 0.3) is 21.5 Å². The Labute approximate surface area is 77.6 Å². The van der Waals surface area contributed by atoms with Gasteiger partial charge in [0.05, 0.1) is 0 Å². The molecule has 0 fully saturated rings. The molecule has 1 aromatic heterocycles. The van der Waals surface area contributed by atoms with E-state index in [1.54, 1.807) is 18.2 Å². The summed E-state index contributed by atoms with van der Waals surface area (Å²) in [6, 6.07) is 4.98. The molecule has 5 nitrogen and oxygen atoms in total. The number of benzene rings is 1. The summed E-state index contributed by atoms with van der Waals surface area (Å²) in [7, 11) is 0. The lowest BCUT2D eigenvalue weighted by atomic mass is 10.3. The van der Waals surface area contributed by atoms with Crippen molar-refractivity contribution in [2.24, 2.45) is 5.11 Å². The highest BCUT2D eigenvalue weighted by molar-refractivity contribution is 6.31. The molecule has 1 heterocycles. The van der Waals surface area contributed by atoms with E-state index < -0.39 is 0 Å². The van der Waals surface area contributed by atoms with Gasteiger partial charge in [0, 0.05) is 9.93 Å². The number of nitrogens with zero attached hydrogens (tertiary/aromatic N) is 4. The van der Waals surface area contributed by atoms with Crippen LogP contribution in [-0.2, 0) is 0 Å². The van der Waals surface area contributed by atoms with Gasteiger partial charge in [-0.3, -0.25) is 0 Å². The molecule has 0 atom stereocenters. The summed E-state index contributed by atoms with van der Waals surface area (Å²) in [5.74, 6) is 0. The van der Waals surface area contributed by atoms with Gasteiger partial charge in [-0.1, -0.05) is 11.6 Å². The number of azide groups is 1. The van der Waals surface area contributed by atoms with E-state index in [2.05, 4.69) is 15.0 Å². The number of hydrogen-bond donors (Lipinski definition) is 0. The van der Waals surface area contributed by atoms with Crippen LogP contribution in [0.2, 0.25) is 5.02 Å². The molecule has 0 radical (unpaired) electrons. The number of fused-ring (bicyclic) bond motifs is 1. The second kappa shape index (κ2) is 2.97. The molecule has 13 heavy (non-hydrogen) atoms. The number of oxazole rings is 1. The molecule has 64 valence electrons. The molecule has 0 N–H and O–H groups in total. The van der Waals surface area contributed by atoms with Crippen LogP contribution < -0.4 is 0 Å². The molecule has 1 aromatic carbocycles. The first-order valence-electron chi connectivity index (χ1n) is 3.41. The molecule has 2 aromatic rings. The largest absolute Gasteiger partial charge is 0.435 e. The smallest absolute Gasteiger partial charge is 0.284 e. The number of rotatable bonds is 1. The third-order valence-corrected chi connectivity index (χ3v) is 1.70. The normalized spacial score (nSPS) is 9.92. The maximum Gasteiger partial charge on any atom is 0.284 e. The molecule has 0 saturated heterocycles. The van der Waals surface area contributed by atoms with Crippen molar-refractivity contribution >= 4 is 28.7 Å². The van der Waals surface area contributed by atoms with Crippen LogP contribution in [0.4, 0.5) is 6.01 Å². The summed E-state index contributed by atoms with van der Waals surface area (Å²) in [5, 5.41) is 3.80. The lowest BCUT2D eigenvalue weighted by molar-refractivity contribution is 0.612. The van der Waals surface area contributed by atoms with Crippen LogP contribution in [0.1, 0.15) is 0 Å². The second-order valence-electron chi connectivity index (χ2n) is 2.30. The van der Waals surface area contributed by atoms with E-state index in [0.29, 0.717) is 16.1 Å². The Morgan fingerprint density at radius 3 is 3.15 bits per heavy atom. The molecule has 0 aliphatic carbocycles. The highest BCUT2D eigenvalue weighted by atomic mass is 35.5. The van der Waals surface area contributed by atoms with Gasteiger partial charge in [0.25, 0.3) is 6.01 Å². The van der Waals surface area contributed by atoms with Crippen molar-refractivity contribution in [2.75, 3.05) is 0 Å². The maximum absolute atomic E-state index is 8.13. The molecule has 0 aliphatic rings. The zero-order valence-electron chi connectivity index (χ0n) is 6.31. The van der Waals surface area contributed by atoms with Gasteiger partial charge in [-0.15, -0.1) is 0 Å². The Morgan fingerprint density at radius 2 is 2.38 bits per heavy atom. The fourth-order valence-electron chi connectivity index (χ4n) is 0.969. The molecule has 0 amide bonds. The van der Waals surface area contributed by atoms with E-state index in [-0.39, 0.29) is 6.01 Å². The van der Waals surface area contributed by atoms with Gasteiger partial charge in [0.2, 0.25) is 0 Å². The minimum absolute atomic E-state index is 0.000216. The Kier molecular flexibility index (Phi) is 1.81. The zero-order valence-corrected chi connectivity index (χ0v) is 7.06. The summed E-state index contributed by atoms with van der Waals surface area (Å²) in [4.78, 5) is 6.45. The average Bonchev–Trinajstić information content (AvgIpc) is 2.46. The van der Waals surface area contributed by atoms with Gasteiger partial charge in [-0.2, -0.15) is 0 Å². The summed E-state index contributed by atoms with van der Waals surface area (Å²) in [6.07, 6.45) is 0. The maximum atomic E-state index is 8.13. The van der Waals surface area contributed by atoms with Crippen LogP contribution in [0.15, 0.2) is 27.7 Å². The molecule has 0 spiro atoms. The summed E-state index contributed by atoms with van der Waals surface area (Å²) in [5.41, 5.74) is 9.26. The van der Waals surface area contributed by atoms with Crippen molar-refractivity contribution < 1.29 is 4.42 Å². The van der Waals surface area contributed by atoms with Crippen molar-refractivity contribution in [3.8, 4) is 0 Å². The van der Waals surface area contributed by atoms with E-state index in [1.165, 1.54) is 0 Å². The molecular weight excluding hydrogens is 192 g/mol. The first-order valence-corrected chi connectivity index (χ1v) is 3.78. The third-order valence-electron chi connectivity index (χ3n) is 1.47. The monoisotopic (exact) mass is 194 g/mol. The Morgan fingerprint density at radius 1 is 1.54 bits per heavy atom. The molecule has 0 bridgehead atoms. The first kappa shape index (κ1) is 7.91. The van der Waals surface area contributed by atoms with Crippen LogP contribution in [0.5, 0.6) is 0 Å². The molecule has 0 saturated carbocycles. The molecular formula is C7H3ClN4O. The Hall–Kier alpha value is -1.71. The number of aromatic nitrogens is 1. The topological polar surface area (TPSA) is 74.8 Å². The Bertz CT molecular complexity index is 500. The van der Waals surface area contributed by atoms with Gasteiger partial charge in [0.15, 0.2) is 5.58 Å². The quantitative estimate of drug-likeness (QED) is 0.396. The fourth-order valence-corrected chi connectivity index (χ4v) is 1.14. The van der Waals surface area contributed by atoms with Crippen molar-refractivity contribution in [3.63, 3.8) is 0 Å². The lowest BCUT2D eigenvalue weighted by Gasteiger charge is -1.85. The van der Waals surface area contributed by atoms with Crippen molar-refractivity contribution in [1.29, 1.82) is 0 Å². The third kappa shape index (κ3) is 1.42. The lowest BCUT2D eigenvalue weighted by Crippen LogP contribution is -1.66. The average molecular weight is 195 g/mol. The molecule has 6 heteroatoms. The van der Waals surface area contributed by atoms with Gasteiger partial charge in [0.1, 0.15) is 5.52 Å². The van der Waals surface area contributed by atoms with Crippen LogP contribution >= 0.6 is 11.6 Å².